The molecule has 124 valence electrons. The van der Waals surface area contributed by atoms with E-state index in [-0.39, 0.29) is 5.56 Å². The number of aromatic nitrogens is 4. The van der Waals surface area contributed by atoms with Crippen molar-refractivity contribution < 1.29 is 0 Å². The zero-order chi connectivity index (χ0) is 16.4. The van der Waals surface area contributed by atoms with Crippen molar-refractivity contribution in [3.05, 3.63) is 41.3 Å². The SMILES string of the molecule is O=c1c(N2C=CN=CC2)c[nH]n1-c1cc(N2CCCCC2)ncn1. The molecule has 1 N–H and O–H groups in total. The average Bonchev–Trinajstić information content (AvgIpc) is 3.05. The maximum absolute atomic E-state index is 12.7. The highest BCUT2D eigenvalue weighted by molar-refractivity contribution is 5.69. The summed E-state index contributed by atoms with van der Waals surface area (Å²) in [6, 6.07) is 1.86. The van der Waals surface area contributed by atoms with Crippen LogP contribution in [0, 0.1) is 0 Å². The maximum atomic E-state index is 12.7. The van der Waals surface area contributed by atoms with Crippen LogP contribution in [0.1, 0.15) is 19.3 Å². The van der Waals surface area contributed by atoms with E-state index in [2.05, 4.69) is 25.0 Å². The molecule has 24 heavy (non-hydrogen) atoms. The van der Waals surface area contributed by atoms with E-state index in [1.807, 2.05) is 11.0 Å². The lowest BCUT2D eigenvalue weighted by molar-refractivity contribution is 0.572. The molecule has 8 nitrogen and oxygen atoms in total. The van der Waals surface area contributed by atoms with E-state index < -0.39 is 0 Å². The summed E-state index contributed by atoms with van der Waals surface area (Å²) >= 11 is 0. The molecule has 2 aliphatic heterocycles. The highest BCUT2D eigenvalue weighted by atomic mass is 16.1. The Morgan fingerprint density at radius 1 is 1.08 bits per heavy atom. The average molecular weight is 325 g/mol. The highest BCUT2D eigenvalue weighted by Gasteiger charge is 2.17. The molecular weight excluding hydrogens is 306 g/mol. The Labute approximate surface area is 139 Å². The number of hydrogen-bond donors (Lipinski definition) is 1. The molecule has 0 aliphatic carbocycles. The molecule has 4 rings (SSSR count). The predicted octanol–water partition coefficient (Wildman–Crippen LogP) is 1.31. The lowest BCUT2D eigenvalue weighted by Gasteiger charge is -2.27. The van der Waals surface area contributed by atoms with Gasteiger partial charge in [0.05, 0.1) is 6.54 Å². The van der Waals surface area contributed by atoms with Gasteiger partial charge in [0.15, 0.2) is 5.82 Å². The Hall–Kier alpha value is -2.90. The topological polar surface area (TPSA) is 82.4 Å². The van der Waals surface area contributed by atoms with Crippen LogP contribution < -0.4 is 15.4 Å². The van der Waals surface area contributed by atoms with Gasteiger partial charge in [0, 0.05) is 44.0 Å². The number of piperidine rings is 1. The number of nitrogens with one attached hydrogen (secondary N) is 1. The smallest absolute Gasteiger partial charge is 0.296 e. The van der Waals surface area contributed by atoms with Crippen molar-refractivity contribution in [3.8, 4) is 5.82 Å². The maximum Gasteiger partial charge on any atom is 0.296 e. The molecule has 8 heteroatoms. The number of nitrogens with zero attached hydrogens (tertiary/aromatic N) is 6. The summed E-state index contributed by atoms with van der Waals surface area (Å²) in [5.41, 5.74) is 0.425. The van der Waals surface area contributed by atoms with Crippen LogP contribution in [0.25, 0.3) is 5.82 Å². The van der Waals surface area contributed by atoms with Gasteiger partial charge in [-0.2, -0.15) is 4.68 Å². The van der Waals surface area contributed by atoms with Crippen LogP contribution in [0.2, 0.25) is 0 Å². The van der Waals surface area contributed by atoms with Crippen molar-refractivity contribution in [2.24, 2.45) is 4.99 Å². The molecule has 0 unspecified atom stereocenters. The van der Waals surface area contributed by atoms with Crippen molar-refractivity contribution >= 4 is 17.7 Å². The van der Waals surface area contributed by atoms with Gasteiger partial charge in [0.25, 0.3) is 5.56 Å². The van der Waals surface area contributed by atoms with E-state index in [0.29, 0.717) is 18.1 Å². The van der Waals surface area contributed by atoms with E-state index in [9.17, 15) is 4.79 Å². The first kappa shape index (κ1) is 14.7. The molecule has 0 spiro atoms. The van der Waals surface area contributed by atoms with Crippen LogP contribution in [0.5, 0.6) is 0 Å². The summed E-state index contributed by atoms with van der Waals surface area (Å²) in [4.78, 5) is 29.4. The summed E-state index contributed by atoms with van der Waals surface area (Å²) in [5, 5.41) is 2.99. The monoisotopic (exact) mass is 325 g/mol. The molecule has 4 heterocycles. The van der Waals surface area contributed by atoms with E-state index in [1.165, 1.54) is 30.3 Å². The zero-order valence-electron chi connectivity index (χ0n) is 13.3. The fourth-order valence-corrected chi connectivity index (χ4v) is 3.05. The Bertz CT molecular complexity index is 829. The minimum atomic E-state index is -0.141. The molecule has 2 aromatic rings. The fraction of sp³-hybridized carbons (Fsp3) is 0.375. The molecule has 2 aliphatic rings. The molecule has 0 aromatic carbocycles. The number of aliphatic imine (C=N–C) groups is 1. The first-order valence-corrected chi connectivity index (χ1v) is 8.16. The molecule has 0 radical (unpaired) electrons. The normalized spacial score (nSPS) is 17.5. The van der Waals surface area contributed by atoms with Crippen LogP contribution >= 0.6 is 0 Å². The van der Waals surface area contributed by atoms with Gasteiger partial charge < -0.3 is 9.80 Å². The van der Waals surface area contributed by atoms with Crippen LogP contribution in [0.3, 0.4) is 0 Å². The van der Waals surface area contributed by atoms with Gasteiger partial charge in [-0.1, -0.05) is 0 Å². The van der Waals surface area contributed by atoms with Gasteiger partial charge in [-0.25, -0.2) is 9.97 Å². The lowest BCUT2D eigenvalue weighted by atomic mass is 10.1. The summed E-state index contributed by atoms with van der Waals surface area (Å²) in [5.74, 6) is 1.42. The summed E-state index contributed by atoms with van der Waals surface area (Å²) in [7, 11) is 0. The molecule has 0 bridgehead atoms. The third kappa shape index (κ3) is 2.70. The van der Waals surface area contributed by atoms with Crippen LogP contribution in [-0.2, 0) is 0 Å². The van der Waals surface area contributed by atoms with E-state index in [4.69, 9.17) is 0 Å². The van der Waals surface area contributed by atoms with Crippen molar-refractivity contribution in [1.82, 2.24) is 19.7 Å². The van der Waals surface area contributed by atoms with Gasteiger partial charge in [-0.3, -0.25) is 14.9 Å². The van der Waals surface area contributed by atoms with E-state index >= 15 is 0 Å². The number of H-pyrrole nitrogens is 1. The van der Waals surface area contributed by atoms with E-state index in [0.717, 1.165) is 18.9 Å². The quantitative estimate of drug-likeness (QED) is 0.920. The molecule has 1 fully saturated rings. The molecule has 1 saturated heterocycles. The summed E-state index contributed by atoms with van der Waals surface area (Å²) in [6.45, 7) is 2.57. The predicted molar refractivity (Wildman–Crippen MR) is 93.0 cm³/mol. The number of aromatic amines is 1. The second-order valence-electron chi connectivity index (χ2n) is 5.86. The highest BCUT2D eigenvalue weighted by Crippen LogP contribution is 2.19. The van der Waals surface area contributed by atoms with Crippen molar-refractivity contribution in [2.45, 2.75) is 19.3 Å². The van der Waals surface area contributed by atoms with Crippen molar-refractivity contribution in [3.63, 3.8) is 0 Å². The Morgan fingerprint density at radius 2 is 1.92 bits per heavy atom. The molecular formula is C16H19N7O. The van der Waals surface area contributed by atoms with Crippen molar-refractivity contribution in [2.75, 3.05) is 29.4 Å². The van der Waals surface area contributed by atoms with Crippen LogP contribution in [0.15, 0.2) is 40.8 Å². The van der Waals surface area contributed by atoms with Gasteiger partial charge in [-0.15, -0.1) is 0 Å². The first-order chi connectivity index (χ1) is 11.8. The Balaban J connectivity index is 1.64. The Kier molecular flexibility index (Phi) is 3.86. The van der Waals surface area contributed by atoms with Gasteiger partial charge in [0.2, 0.25) is 0 Å². The minimum absolute atomic E-state index is 0.141. The van der Waals surface area contributed by atoms with Crippen molar-refractivity contribution in [1.29, 1.82) is 0 Å². The summed E-state index contributed by atoms with van der Waals surface area (Å²) in [6.07, 6.45) is 12.0. The molecule has 0 saturated carbocycles. The second-order valence-corrected chi connectivity index (χ2v) is 5.86. The van der Waals surface area contributed by atoms with Gasteiger partial charge in [-0.05, 0) is 19.3 Å². The third-order valence-corrected chi connectivity index (χ3v) is 4.33. The number of hydrogen-bond acceptors (Lipinski definition) is 6. The molecule has 0 amide bonds. The lowest BCUT2D eigenvalue weighted by Crippen LogP contribution is -2.30. The minimum Gasteiger partial charge on any atom is -0.356 e. The van der Waals surface area contributed by atoms with Crippen LogP contribution in [0.4, 0.5) is 11.5 Å². The third-order valence-electron chi connectivity index (χ3n) is 4.33. The molecule has 2 aromatic heterocycles. The van der Waals surface area contributed by atoms with Gasteiger partial charge >= 0.3 is 0 Å². The molecule has 0 atom stereocenters. The van der Waals surface area contributed by atoms with E-state index in [1.54, 1.807) is 24.8 Å². The van der Waals surface area contributed by atoms with Crippen LogP contribution in [-0.4, -0.2) is 45.6 Å². The Morgan fingerprint density at radius 3 is 2.71 bits per heavy atom. The first-order valence-electron chi connectivity index (χ1n) is 8.16. The second kappa shape index (κ2) is 6.31. The number of anilines is 2. The summed E-state index contributed by atoms with van der Waals surface area (Å²) < 4.78 is 1.45. The standard InChI is InChI=1S/C16H19N7O/c24-16-13(21-8-4-17-5-9-21)11-20-23(16)15-10-14(18-12-19-15)22-6-2-1-3-7-22/h4-5,8,10-12,20H,1-3,6-7,9H2. The fourth-order valence-electron chi connectivity index (χ4n) is 3.05. The van der Waals surface area contributed by atoms with Gasteiger partial charge in [0.1, 0.15) is 17.8 Å². The number of rotatable bonds is 3. The zero-order valence-corrected chi connectivity index (χ0v) is 13.3. The largest absolute Gasteiger partial charge is 0.356 e.